The van der Waals surface area contributed by atoms with E-state index >= 15 is 0 Å². The summed E-state index contributed by atoms with van der Waals surface area (Å²) in [6.45, 7) is 6.80. The van der Waals surface area contributed by atoms with Crippen molar-refractivity contribution in [2.45, 2.75) is 51.3 Å². The molecule has 0 atom stereocenters. The summed E-state index contributed by atoms with van der Waals surface area (Å²) in [5.41, 5.74) is 0.392. The number of piperidine rings is 1. The van der Waals surface area contributed by atoms with Crippen molar-refractivity contribution in [3.8, 4) is 0 Å². The second-order valence-corrected chi connectivity index (χ2v) is 7.93. The van der Waals surface area contributed by atoms with Crippen molar-refractivity contribution >= 4 is 15.9 Å². The van der Waals surface area contributed by atoms with E-state index in [1.165, 1.54) is 4.31 Å². The molecule has 1 aromatic rings. The minimum absolute atomic E-state index is 0.0545. The molecule has 1 aliphatic heterocycles. The zero-order valence-electron chi connectivity index (χ0n) is 14.0. The summed E-state index contributed by atoms with van der Waals surface area (Å²) >= 11 is 0. The van der Waals surface area contributed by atoms with Crippen molar-refractivity contribution in [3.05, 3.63) is 11.5 Å². The predicted molar refractivity (Wildman–Crippen MR) is 85.4 cm³/mol. The average Bonchev–Trinajstić information content (AvgIpc) is 2.85. The van der Waals surface area contributed by atoms with Crippen molar-refractivity contribution in [3.63, 3.8) is 0 Å². The highest BCUT2D eigenvalue weighted by molar-refractivity contribution is 7.89. The predicted octanol–water partition coefficient (Wildman–Crippen LogP) is 1.61. The number of carbonyl (C=O) groups is 1. The van der Waals surface area contributed by atoms with E-state index in [1.807, 2.05) is 6.92 Å². The van der Waals surface area contributed by atoms with Gasteiger partial charge in [0.15, 0.2) is 5.76 Å². The van der Waals surface area contributed by atoms with E-state index in [4.69, 9.17) is 4.52 Å². The van der Waals surface area contributed by atoms with Crippen LogP contribution in [-0.2, 0) is 14.8 Å². The molecule has 0 unspecified atom stereocenters. The van der Waals surface area contributed by atoms with Crippen molar-refractivity contribution < 1.29 is 17.7 Å². The van der Waals surface area contributed by atoms with E-state index in [1.54, 1.807) is 13.8 Å². The Morgan fingerprint density at radius 3 is 2.52 bits per heavy atom. The molecule has 130 valence electrons. The van der Waals surface area contributed by atoms with E-state index in [0.717, 1.165) is 6.42 Å². The summed E-state index contributed by atoms with van der Waals surface area (Å²) in [6, 6.07) is 0. The fraction of sp³-hybridized carbons (Fsp3) is 0.733. The third kappa shape index (κ3) is 4.11. The SMILES string of the molecule is CCCNC(=O)CC1CCN(S(=O)(=O)c2c(C)noc2C)CC1. The van der Waals surface area contributed by atoms with Gasteiger partial charge in [-0.05, 0) is 39.0 Å². The number of nitrogens with one attached hydrogen (secondary N) is 1. The number of hydrogen-bond acceptors (Lipinski definition) is 5. The molecule has 0 aromatic carbocycles. The van der Waals surface area contributed by atoms with Crippen LogP contribution in [0.5, 0.6) is 0 Å². The Balaban J connectivity index is 1.95. The van der Waals surface area contributed by atoms with E-state index in [2.05, 4.69) is 10.5 Å². The molecule has 1 amide bonds. The summed E-state index contributed by atoms with van der Waals surface area (Å²) in [6.07, 6.45) is 2.78. The lowest BCUT2D eigenvalue weighted by Gasteiger charge is -2.30. The third-order valence-electron chi connectivity index (χ3n) is 4.19. The number of amides is 1. The number of rotatable bonds is 6. The molecule has 1 N–H and O–H groups in total. The summed E-state index contributed by atoms with van der Waals surface area (Å²) in [5, 5.41) is 6.59. The lowest BCUT2D eigenvalue weighted by Crippen LogP contribution is -2.40. The smallest absolute Gasteiger partial charge is 0.248 e. The summed E-state index contributed by atoms with van der Waals surface area (Å²) < 4.78 is 31.9. The lowest BCUT2D eigenvalue weighted by atomic mass is 9.94. The Kier molecular flexibility index (Phi) is 5.80. The number of sulfonamides is 1. The summed E-state index contributed by atoms with van der Waals surface area (Å²) in [4.78, 5) is 11.9. The van der Waals surface area contributed by atoms with Crippen molar-refractivity contribution in [2.24, 2.45) is 5.92 Å². The van der Waals surface area contributed by atoms with Gasteiger partial charge in [-0.25, -0.2) is 8.42 Å². The first kappa shape index (κ1) is 17.9. The van der Waals surface area contributed by atoms with Crippen LogP contribution < -0.4 is 5.32 Å². The monoisotopic (exact) mass is 343 g/mol. The molecule has 7 nitrogen and oxygen atoms in total. The molecule has 2 rings (SSSR count). The van der Waals surface area contributed by atoms with Crippen LogP contribution >= 0.6 is 0 Å². The highest BCUT2D eigenvalue weighted by Crippen LogP contribution is 2.28. The van der Waals surface area contributed by atoms with Crippen LogP contribution in [0, 0.1) is 19.8 Å². The average molecular weight is 343 g/mol. The molecule has 1 aromatic heterocycles. The number of aromatic nitrogens is 1. The Hall–Kier alpha value is -1.41. The zero-order valence-corrected chi connectivity index (χ0v) is 14.8. The van der Waals surface area contributed by atoms with Crippen LogP contribution in [-0.4, -0.2) is 43.4 Å². The first-order valence-electron chi connectivity index (χ1n) is 8.06. The van der Waals surface area contributed by atoms with Crippen molar-refractivity contribution in [1.82, 2.24) is 14.8 Å². The summed E-state index contributed by atoms with van der Waals surface area (Å²) in [7, 11) is -3.57. The van der Waals surface area contributed by atoms with Gasteiger partial charge in [0, 0.05) is 26.1 Å². The quantitative estimate of drug-likeness (QED) is 0.847. The molecule has 1 aliphatic rings. The van der Waals surface area contributed by atoms with Crippen LogP contribution in [0.1, 0.15) is 44.1 Å². The Bertz CT molecular complexity index is 626. The van der Waals surface area contributed by atoms with Gasteiger partial charge in [0.2, 0.25) is 15.9 Å². The topological polar surface area (TPSA) is 92.5 Å². The Morgan fingerprint density at radius 2 is 2.00 bits per heavy atom. The standard InChI is InChI=1S/C15H25N3O4S/c1-4-7-16-14(19)10-13-5-8-18(9-6-13)23(20,21)15-11(2)17-22-12(15)3/h13H,4-10H2,1-3H3,(H,16,19). The normalized spacial score (nSPS) is 17.3. The molecule has 1 saturated heterocycles. The van der Waals surface area contributed by atoms with Gasteiger partial charge in [-0.2, -0.15) is 4.31 Å². The summed E-state index contributed by atoms with van der Waals surface area (Å²) in [5.74, 6) is 0.616. The van der Waals surface area contributed by atoms with E-state index in [9.17, 15) is 13.2 Å². The minimum Gasteiger partial charge on any atom is -0.360 e. The van der Waals surface area contributed by atoms with E-state index in [-0.39, 0.29) is 16.7 Å². The molecular formula is C15H25N3O4S. The molecule has 0 bridgehead atoms. The number of hydrogen-bond donors (Lipinski definition) is 1. The molecule has 0 saturated carbocycles. The van der Waals surface area contributed by atoms with E-state index in [0.29, 0.717) is 50.4 Å². The van der Waals surface area contributed by atoms with Gasteiger partial charge >= 0.3 is 0 Å². The number of aryl methyl sites for hydroxylation is 2. The first-order valence-corrected chi connectivity index (χ1v) is 9.50. The van der Waals surface area contributed by atoms with Crippen LogP contribution in [0.2, 0.25) is 0 Å². The minimum atomic E-state index is -3.57. The highest BCUT2D eigenvalue weighted by atomic mass is 32.2. The fourth-order valence-corrected chi connectivity index (χ4v) is 4.69. The Morgan fingerprint density at radius 1 is 1.35 bits per heavy atom. The lowest BCUT2D eigenvalue weighted by molar-refractivity contribution is -0.122. The van der Waals surface area contributed by atoms with Crippen molar-refractivity contribution in [1.29, 1.82) is 0 Å². The molecule has 0 aliphatic carbocycles. The van der Waals surface area contributed by atoms with Crippen LogP contribution in [0.15, 0.2) is 9.42 Å². The van der Waals surface area contributed by atoms with Gasteiger partial charge in [-0.15, -0.1) is 0 Å². The molecule has 8 heteroatoms. The molecule has 23 heavy (non-hydrogen) atoms. The largest absolute Gasteiger partial charge is 0.360 e. The molecule has 0 radical (unpaired) electrons. The zero-order chi connectivity index (χ0) is 17.0. The third-order valence-corrected chi connectivity index (χ3v) is 6.33. The van der Waals surface area contributed by atoms with Gasteiger partial charge in [0.1, 0.15) is 10.6 Å². The maximum Gasteiger partial charge on any atom is 0.248 e. The first-order chi connectivity index (χ1) is 10.9. The number of nitrogens with zero attached hydrogens (tertiary/aromatic N) is 2. The van der Waals surface area contributed by atoms with Crippen molar-refractivity contribution in [2.75, 3.05) is 19.6 Å². The van der Waals surface area contributed by atoms with Gasteiger partial charge in [0.05, 0.1) is 0 Å². The maximum absolute atomic E-state index is 12.7. The molecule has 0 spiro atoms. The van der Waals surface area contributed by atoms with Gasteiger partial charge in [-0.1, -0.05) is 12.1 Å². The molecular weight excluding hydrogens is 318 g/mol. The van der Waals surface area contributed by atoms with Gasteiger partial charge < -0.3 is 9.84 Å². The number of carbonyl (C=O) groups excluding carboxylic acids is 1. The maximum atomic E-state index is 12.7. The van der Waals surface area contributed by atoms with Crippen LogP contribution in [0.3, 0.4) is 0 Å². The van der Waals surface area contributed by atoms with Crippen LogP contribution in [0.25, 0.3) is 0 Å². The second-order valence-electron chi connectivity index (χ2n) is 6.05. The van der Waals surface area contributed by atoms with Gasteiger partial charge in [0.25, 0.3) is 0 Å². The fourth-order valence-electron chi connectivity index (χ4n) is 2.92. The second kappa shape index (κ2) is 7.44. The molecule has 2 heterocycles. The highest BCUT2D eigenvalue weighted by Gasteiger charge is 2.34. The molecule has 1 fully saturated rings. The Labute approximate surface area is 137 Å². The van der Waals surface area contributed by atoms with Crippen LogP contribution in [0.4, 0.5) is 0 Å². The van der Waals surface area contributed by atoms with E-state index < -0.39 is 10.0 Å². The van der Waals surface area contributed by atoms with Gasteiger partial charge in [-0.3, -0.25) is 4.79 Å².